The third-order valence-electron chi connectivity index (χ3n) is 2.75. The lowest BCUT2D eigenvalue weighted by atomic mass is 10.2. The number of sulfonamides is 1. The molecule has 0 amide bonds. The minimum Gasteiger partial charge on any atom is -0.310 e. The fraction of sp³-hybridized carbons (Fsp3) is 0.286. The number of nitrogens with one attached hydrogen (secondary N) is 2. The molecule has 0 aliphatic carbocycles. The number of benzene rings is 1. The Kier molecular flexibility index (Phi) is 4.87. The fourth-order valence-corrected chi connectivity index (χ4v) is 2.95. The van der Waals surface area contributed by atoms with Crippen LogP contribution in [0.3, 0.4) is 0 Å². The molecular formula is C14H18N4O2S. The van der Waals surface area contributed by atoms with Gasteiger partial charge >= 0.3 is 0 Å². The van der Waals surface area contributed by atoms with Crippen molar-refractivity contribution in [2.24, 2.45) is 0 Å². The highest BCUT2D eigenvalue weighted by atomic mass is 32.2. The van der Waals surface area contributed by atoms with Crippen LogP contribution >= 0.6 is 0 Å². The summed E-state index contributed by atoms with van der Waals surface area (Å²) in [7, 11) is -3.71. The third kappa shape index (κ3) is 4.24. The lowest BCUT2D eigenvalue weighted by Crippen LogP contribution is -2.24. The molecule has 0 atom stereocenters. The van der Waals surface area contributed by atoms with Crippen molar-refractivity contribution in [3.8, 4) is 0 Å². The Morgan fingerprint density at radius 2 is 1.76 bits per heavy atom. The van der Waals surface area contributed by atoms with Crippen LogP contribution in [0.15, 0.2) is 47.6 Å². The second kappa shape index (κ2) is 6.64. The summed E-state index contributed by atoms with van der Waals surface area (Å²) in [6.07, 6.45) is 2.97. The summed E-state index contributed by atoms with van der Waals surface area (Å²) in [5, 5.41) is 3.21. The van der Waals surface area contributed by atoms with E-state index in [1.807, 2.05) is 19.9 Å². The first-order valence-corrected chi connectivity index (χ1v) is 8.08. The van der Waals surface area contributed by atoms with Gasteiger partial charge in [0.1, 0.15) is 0 Å². The molecule has 0 unspecified atom stereocenters. The Labute approximate surface area is 124 Å². The molecule has 0 saturated heterocycles. The summed E-state index contributed by atoms with van der Waals surface area (Å²) in [5.74, 6) is 0.0594. The monoisotopic (exact) mass is 306 g/mol. The molecule has 1 aromatic heterocycles. The molecule has 6 nitrogen and oxygen atoms in total. The van der Waals surface area contributed by atoms with Gasteiger partial charge in [0.25, 0.3) is 10.0 Å². The molecule has 2 rings (SSSR count). The largest absolute Gasteiger partial charge is 0.310 e. The fourth-order valence-electron chi connectivity index (χ4n) is 1.75. The zero-order chi connectivity index (χ0) is 15.3. The van der Waals surface area contributed by atoms with Gasteiger partial charge in [-0.15, -0.1) is 0 Å². The molecule has 1 heterocycles. The molecule has 1 aromatic carbocycles. The van der Waals surface area contributed by atoms with Crippen molar-refractivity contribution in [3.63, 3.8) is 0 Å². The summed E-state index contributed by atoms with van der Waals surface area (Å²) in [4.78, 5) is 7.98. The van der Waals surface area contributed by atoms with E-state index in [4.69, 9.17) is 0 Å². The Bertz CT molecular complexity index is 687. The minimum atomic E-state index is -3.71. The quantitative estimate of drug-likeness (QED) is 0.850. The predicted molar refractivity (Wildman–Crippen MR) is 81.3 cm³/mol. The molecule has 0 spiro atoms. The second-order valence-electron chi connectivity index (χ2n) is 4.82. The van der Waals surface area contributed by atoms with E-state index in [1.165, 1.54) is 12.4 Å². The van der Waals surface area contributed by atoms with E-state index >= 15 is 0 Å². The highest BCUT2D eigenvalue weighted by Crippen LogP contribution is 2.17. The third-order valence-corrected chi connectivity index (χ3v) is 4.18. The van der Waals surface area contributed by atoms with Crippen LogP contribution in [0.2, 0.25) is 0 Å². The van der Waals surface area contributed by atoms with Crippen molar-refractivity contribution in [2.75, 3.05) is 4.72 Å². The Hall–Kier alpha value is -1.99. The second-order valence-corrected chi connectivity index (χ2v) is 6.47. The van der Waals surface area contributed by atoms with Crippen molar-refractivity contribution in [2.45, 2.75) is 31.3 Å². The number of rotatable bonds is 6. The first-order chi connectivity index (χ1) is 9.99. The van der Waals surface area contributed by atoms with Crippen LogP contribution in [0.1, 0.15) is 19.4 Å². The van der Waals surface area contributed by atoms with Gasteiger partial charge in [-0.25, -0.2) is 23.1 Å². The van der Waals surface area contributed by atoms with Gasteiger partial charge in [0, 0.05) is 25.0 Å². The molecule has 0 saturated carbocycles. The van der Waals surface area contributed by atoms with Crippen LogP contribution < -0.4 is 10.0 Å². The lowest BCUT2D eigenvalue weighted by Gasteiger charge is -2.13. The molecule has 112 valence electrons. The summed E-state index contributed by atoms with van der Waals surface area (Å²) in [6.45, 7) is 4.49. The van der Waals surface area contributed by atoms with Crippen molar-refractivity contribution < 1.29 is 8.42 Å². The molecule has 0 bridgehead atoms. The smallest absolute Gasteiger partial charge is 0.264 e. The number of hydrogen-bond donors (Lipinski definition) is 2. The van der Waals surface area contributed by atoms with Gasteiger partial charge in [-0.05, 0) is 17.7 Å². The summed E-state index contributed by atoms with van der Waals surface area (Å²) < 4.78 is 27.3. The van der Waals surface area contributed by atoms with Gasteiger partial charge in [-0.2, -0.15) is 0 Å². The zero-order valence-electron chi connectivity index (χ0n) is 11.9. The van der Waals surface area contributed by atoms with Crippen molar-refractivity contribution >= 4 is 16.0 Å². The van der Waals surface area contributed by atoms with Crippen LogP contribution in [-0.4, -0.2) is 24.4 Å². The number of hydrogen-bond acceptors (Lipinski definition) is 5. The molecule has 0 radical (unpaired) electrons. The molecule has 2 aromatic rings. The average Bonchev–Trinajstić information content (AvgIpc) is 2.46. The van der Waals surface area contributed by atoms with E-state index in [-0.39, 0.29) is 16.9 Å². The summed E-state index contributed by atoms with van der Waals surface area (Å²) in [5.41, 5.74) is 0.703. The van der Waals surface area contributed by atoms with E-state index in [9.17, 15) is 8.42 Å². The number of anilines is 1. The van der Waals surface area contributed by atoms with Gasteiger partial charge in [-0.1, -0.05) is 32.0 Å². The van der Waals surface area contributed by atoms with E-state index in [0.29, 0.717) is 12.1 Å². The molecule has 0 fully saturated rings. The Morgan fingerprint density at radius 1 is 1.10 bits per heavy atom. The Morgan fingerprint density at radius 3 is 2.43 bits per heavy atom. The summed E-state index contributed by atoms with van der Waals surface area (Å²) >= 11 is 0. The van der Waals surface area contributed by atoms with Crippen LogP contribution in [0, 0.1) is 0 Å². The van der Waals surface area contributed by atoms with Gasteiger partial charge in [-0.3, -0.25) is 0 Å². The molecule has 21 heavy (non-hydrogen) atoms. The summed E-state index contributed by atoms with van der Waals surface area (Å²) in [6, 6.07) is 8.76. The van der Waals surface area contributed by atoms with E-state index in [2.05, 4.69) is 20.0 Å². The van der Waals surface area contributed by atoms with E-state index in [1.54, 1.807) is 24.3 Å². The number of aromatic nitrogens is 2. The van der Waals surface area contributed by atoms with Gasteiger partial charge in [0.15, 0.2) is 0 Å². The van der Waals surface area contributed by atoms with Gasteiger partial charge < -0.3 is 5.32 Å². The number of nitrogens with zero attached hydrogens (tertiary/aromatic N) is 2. The van der Waals surface area contributed by atoms with E-state index in [0.717, 1.165) is 0 Å². The minimum absolute atomic E-state index is 0.0594. The molecule has 0 aliphatic rings. The van der Waals surface area contributed by atoms with Crippen molar-refractivity contribution in [3.05, 3.63) is 48.3 Å². The predicted octanol–water partition coefficient (Wildman–Crippen LogP) is 1.78. The van der Waals surface area contributed by atoms with Crippen LogP contribution in [0.4, 0.5) is 5.95 Å². The maximum atomic E-state index is 12.4. The normalized spacial score (nSPS) is 11.6. The topological polar surface area (TPSA) is 84.0 Å². The molecular weight excluding hydrogens is 288 g/mol. The average molecular weight is 306 g/mol. The van der Waals surface area contributed by atoms with Crippen molar-refractivity contribution in [1.82, 2.24) is 15.3 Å². The van der Waals surface area contributed by atoms with Crippen LogP contribution in [-0.2, 0) is 16.6 Å². The SMILES string of the molecule is CC(C)NCc1ccccc1S(=O)(=O)Nc1ncccn1. The highest BCUT2D eigenvalue weighted by molar-refractivity contribution is 7.92. The lowest BCUT2D eigenvalue weighted by molar-refractivity contribution is 0.576. The van der Waals surface area contributed by atoms with E-state index < -0.39 is 10.0 Å². The highest BCUT2D eigenvalue weighted by Gasteiger charge is 2.19. The van der Waals surface area contributed by atoms with Gasteiger partial charge in [0.2, 0.25) is 5.95 Å². The maximum Gasteiger partial charge on any atom is 0.264 e. The van der Waals surface area contributed by atoms with Gasteiger partial charge in [0.05, 0.1) is 4.90 Å². The molecule has 7 heteroatoms. The Balaban J connectivity index is 2.27. The van der Waals surface area contributed by atoms with Crippen LogP contribution in [0.5, 0.6) is 0 Å². The maximum absolute atomic E-state index is 12.4. The standard InChI is InChI=1S/C14H18N4O2S/c1-11(2)17-10-12-6-3-4-7-13(12)21(19,20)18-14-15-8-5-9-16-14/h3-9,11,17H,10H2,1-2H3,(H,15,16,18). The van der Waals surface area contributed by atoms with Crippen molar-refractivity contribution in [1.29, 1.82) is 0 Å². The molecule has 0 aliphatic heterocycles. The zero-order valence-corrected chi connectivity index (χ0v) is 12.8. The molecule has 2 N–H and O–H groups in total. The van der Waals surface area contributed by atoms with Crippen LogP contribution in [0.25, 0.3) is 0 Å². The first-order valence-electron chi connectivity index (χ1n) is 6.60. The first kappa shape index (κ1) is 15.4.